The molecule has 0 aliphatic heterocycles. The van der Waals surface area contributed by atoms with Crippen LogP contribution in [0.25, 0.3) is 0 Å². The first kappa shape index (κ1) is 12.3. The molecule has 0 atom stereocenters. The first-order valence-electron chi connectivity index (χ1n) is 4.00. The van der Waals surface area contributed by atoms with E-state index in [0.29, 0.717) is 9.13 Å². The summed E-state index contributed by atoms with van der Waals surface area (Å²) in [6.07, 6.45) is -1.52. The molecule has 82 valence electrons. The average Bonchev–Trinajstić information content (AvgIpc) is 2.20. The van der Waals surface area contributed by atoms with Crippen molar-refractivity contribution in [3.8, 4) is 0 Å². The summed E-state index contributed by atoms with van der Waals surface area (Å²) < 4.78 is 29.7. The number of nitrogens with zero attached hydrogens (tertiary/aromatic N) is 1. The Morgan fingerprint density at radius 3 is 2.67 bits per heavy atom. The number of methoxy groups -OCH3 is 1. The van der Waals surface area contributed by atoms with Crippen molar-refractivity contribution in [2.45, 2.75) is 13.3 Å². The lowest BCUT2D eigenvalue weighted by Gasteiger charge is -2.08. The molecule has 1 aromatic heterocycles. The molecule has 0 bridgehead atoms. The fraction of sp³-hybridized carbons (Fsp3) is 0.333. The monoisotopic (exact) mass is 327 g/mol. The summed E-state index contributed by atoms with van der Waals surface area (Å²) in [5.41, 5.74) is 0.375. The SMILES string of the molecule is COC(=O)c1cnc(C(F)F)c(I)c1C. The van der Waals surface area contributed by atoms with Crippen molar-refractivity contribution in [1.29, 1.82) is 0 Å². The van der Waals surface area contributed by atoms with Crippen molar-refractivity contribution < 1.29 is 18.3 Å². The van der Waals surface area contributed by atoms with E-state index in [9.17, 15) is 13.6 Å². The number of halogens is 3. The molecule has 0 radical (unpaired) electrons. The van der Waals surface area contributed by atoms with Crippen molar-refractivity contribution in [2.24, 2.45) is 0 Å². The molecular formula is C9H8F2INO2. The topological polar surface area (TPSA) is 39.2 Å². The number of carbonyl (C=O) groups is 1. The van der Waals surface area contributed by atoms with Gasteiger partial charge in [0, 0.05) is 9.77 Å². The van der Waals surface area contributed by atoms with E-state index in [1.165, 1.54) is 7.11 Å². The normalized spacial score (nSPS) is 10.5. The second kappa shape index (κ2) is 4.82. The molecule has 3 nitrogen and oxygen atoms in total. The van der Waals surface area contributed by atoms with Gasteiger partial charge in [0.05, 0.1) is 12.7 Å². The summed E-state index contributed by atoms with van der Waals surface area (Å²) >= 11 is 1.75. The predicted octanol–water partition coefficient (Wildman–Crippen LogP) is 2.72. The van der Waals surface area contributed by atoms with E-state index in [1.807, 2.05) is 0 Å². The second-order valence-corrected chi connectivity index (χ2v) is 3.87. The minimum absolute atomic E-state index is 0.214. The first-order chi connectivity index (χ1) is 6.99. The van der Waals surface area contributed by atoms with Gasteiger partial charge in [-0.05, 0) is 35.1 Å². The van der Waals surface area contributed by atoms with Gasteiger partial charge in [-0.25, -0.2) is 13.6 Å². The molecule has 0 aliphatic rings. The van der Waals surface area contributed by atoms with Crippen molar-refractivity contribution in [2.75, 3.05) is 7.11 Å². The average molecular weight is 327 g/mol. The molecule has 0 N–H and O–H groups in total. The Labute approximate surface area is 99.0 Å². The molecule has 0 aliphatic carbocycles. The fourth-order valence-corrected chi connectivity index (χ4v) is 1.73. The van der Waals surface area contributed by atoms with Crippen LogP contribution in [-0.4, -0.2) is 18.1 Å². The van der Waals surface area contributed by atoms with E-state index >= 15 is 0 Å². The van der Waals surface area contributed by atoms with E-state index in [4.69, 9.17) is 0 Å². The van der Waals surface area contributed by atoms with Gasteiger partial charge in [0.2, 0.25) is 0 Å². The van der Waals surface area contributed by atoms with Crippen LogP contribution < -0.4 is 0 Å². The van der Waals surface area contributed by atoms with Crippen LogP contribution in [0.4, 0.5) is 8.78 Å². The van der Waals surface area contributed by atoms with Crippen molar-refractivity contribution in [1.82, 2.24) is 4.98 Å². The summed E-state index contributed by atoms with van der Waals surface area (Å²) in [5.74, 6) is -0.571. The number of carbonyl (C=O) groups excluding carboxylic acids is 1. The summed E-state index contributed by atoms with van der Waals surface area (Å²) in [6, 6.07) is 0. The molecular weight excluding hydrogens is 319 g/mol. The first-order valence-corrected chi connectivity index (χ1v) is 5.08. The minimum Gasteiger partial charge on any atom is -0.465 e. The van der Waals surface area contributed by atoms with E-state index in [-0.39, 0.29) is 11.3 Å². The third-order valence-corrected chi connectivity index (χ3v) is 3.26. The molecule has 1 aromatic rings. The van der Waals surface area contributed by atoms with Crippen LogP contribution >= 0.6 is 22.6 Å². The van der Waals surface area contributed by atoms with Crippen LogP contribution in [0, 0.1) is 10.5 Å². The number of hydrogen-bond acceptors (Lipinski definition) is 3. The predicted molar refractivity (Wildman–Crippen MR) is 58.0 cm³/mol. The van der Waals surface area contributed by atoms with Crippen LogP contribution in [0.3, 0.4) is 0 Å². The van der Waals surface area contributed by atoms with E-state index in [2.05, 4.69) is 9.72 Å². The fourth-order valence-electron chi connectivity index (χ4n) is 1.07. The lowest BCUT2D eigenvalue weighted by molar-refractivity contribution is 0.0598. The number of esters is 1. The van der Waals surface area contributed by atoms with E-state index in [0.717, 1.165) is 6.20 Å². The summed E-state index contributed by atoms with van der Waals surface area (Å²) in [7, 11) is 1.23. The lowest BCUT2D eigenvalue weighted by Crippen LogP contribution is -2.08. The van der Waals surface area contributed by atoms with Crippen LogP contribution in [0.15, 0.2) is 6.20 Å². The van der Waals surface area contributed by atoms with Crippen LogP contribution in [0.2, 0.25) is 0 Å². The number of rotatable bonds is 2. The van der Waals surface area contributed by atoms with Crippen LogP contribution in [-0.2, 0) is 4.74 Å². The summed E-state index contributed by atoms with van der Waals surface area (Å²) in [6.45, 7) is 1.58. The van der Waals surface area contributed by atoms with Gasteiger partial charge in [0.25, 0.3) is 6.43 Å². The highest BCUT2D eigenvalue weighted by Crippen LogP contribution is 2.26. The van der Waals surface area contributed by atoms with Crippen LogP contribution in [0.1, 0.15) is 28.0 Å². The molecule has 0 unspecified atom stereocenters. The van der Waals surface area contributed by atoms with Gasteiger partial charge >= 0.3 is 5.97 Å². The molecule has 15 heavy (non-hydrogen) atoms. The van der Waals surface area contributed by atoms with E-state index < -0.39 is 12.4 Å². The van der Waals surface area contributed by atoms with Gasteiger partial charge in [-0.15, -0.1) is 0 Å². The van der Waals surface area contributed by atoms with E-state index in [1.54, 1.807) is 29.5 Å². The Bertz CT molecular complexity index is 396. The van der Waals surface area contributed by atoms with Gasteiger partial charge in [-0.1, -0.05) is 0 Å². The third kappa shape index (κ3) is 2.42. The number of alkyl halides is 2. The number of ether oxygens (including phenoxy) is 1. The minimum atomic E-state index is -2.64. The Morgan fingerprint density at radius 2 is 2.20 bits per heavy atom. The maximum Gasteiger partial charge on any atom is 0.339 e. The summed E-state index contributed by atoms with van der Waals surface area (Å²) in [5, 5.41) is 0. The quantitative estimate of drug-likeness (QED) is 0.619. The highest BCUT2D eigenvalue weighted by atomic mass is 127. The third-order valence-electron chi connectivity index (χ3n) is 1.90. The molecule has 0 fully saturated rings. The molecule has 1 rings (SSSR count). The zero-order valence-electron chi connectivity index (χ0n) is 8.05. The number of aromatic nitrogens is 1. The Balaban J connectivity index is 3.27. The number of hydrogen-bond donors (Lipinski definition) is 0. The zero-order chi connectivity index (χ0) is 11.6. The maximum absolute atomic E-state index is 12.4. The maximum atomic E-state index is 12.4. The second-order valence-electron chi connectivity index (χ2n) is 2.79. The highest BCUT2D eigenvalue weighted by molar-refractivity contribution is 14.1. The van der Waals surface area contributed by atoms with Crippen molar-refractivity contribution >= 4 is 28.6 Å². The van der Waals surface area contributed by atoms with Gasteiger partial charge in [-0.2, -0.15) is 0 Å². The summed E-state index contributed by atoms with van der Waals surface area (Å²) in [4.78, 5) is 14.8. The van der Waals surface area contributed by atoms with Gasteiger partial charge < -0.3 is 4.74 Å². The molecule has 6 heteroatoms. The molecule has 0 saturated heterocycles. The Morgan fingerprint density at radius 1 is 1.60 bits per heavy atom. The van der Waals surface area contributed by atoms with Crippen molar-refractivity contribution in [3.05, 3.63) is 26.6 Å². The molecule has 0 saturated carbocycles. The zero-order valence-corrected chi connectivity index (χ0v) is 10.2. The molecule has 0 amide bonds. The van der Waals surface area contributed by atoms with Gasteiger partial charge in [0.15, 0.2) is 0 Å². The Kier molecular flexibility index (Phi) is 3.95. The molecule has 1 heterocycles. The standard InChI is InChI=1S/C9H8F2INO2/c1-4-5(9(14)15-2)3-13-7(6(4)12)8(10)11/h3,8H,1-2H3. The van der Waals surface area contributed by atoms with Gasteiger partial charge in [0.1, 0.15) is 5.69 Å². The van der Waals surface area contributed by atoms with Crippen molar-refractivity contribution in [3.63, 3.8) is 0 Å². The smallest absolute Gasteiger partial charge is 0.339 e. The molecule has 0 aromatic carbocycles. The lowest BCUT2D eigenvalue weighted by atomic mass is 10.1. The van der Waals surface area contributed by atoms with Crippen LogP contribution in [0.5, 0.6) is 0 Å². The van der Waals surface area contributed by atoms with Gasteiger partial charge in [-0.3, -0.25) is 4.98 Å². The highest BCUT2D eigenvalue weighted by Gasteiger charge is 2.19. The molecule has 0 spiro atoms. The Hall–Kier alpha value is -0.790. The number of pyridine rings is 1. The largest absolute Gasteiger partial charge is 0.465 e.